The number of hydrazone groups is 1. The van der Waals surface area contributed by atoms with Gasteiger partial charge >= 0.3 is 0 Å². The van der Waals surface area contributed by atoms with E-state index in [4.69, 9.17) is 4.74 Å². The number of hydrogen-bond acceptors (Lipinski definition) is 5. The molecule has 7 nitrogen and oxygen atoms in total. The molecule has 0 spiro atoms. The molecule has 194 valence electrons. The van der Waals surface area contributed by atoms with Gasteiger partial charge in [-0.1, -0.05) is 54.6 Å². The van der Waals surface area contributed by atoms with Crippen molar-refractivity contribution in [3.63, 3.8) is 0 Å². The smallest absolute Gasteiger partial charge is 0.271 e. The Labute approximate surface area is 223 Å². The molecule has 4 rings (SSSR count). The van der Waals surface area contributed by atoms with Crippen molar-refractivity contribution in [2.45, 2.75) is 20.1 Å². The summed E-state index contributed by atoms with van der Waals surface area (Å²) in [6.45, 7) is 2.63. The van der Waals surface area contributed by atoms with Crippen molar-refractivity contribution in [1.29, 1.82) is 0 Å². The predicted molar refractivity (Wildman–Crippen MR) is 151 cm³/mol. The molecule has 0 aliphatic rings. The molecule has 0 fully saturated rings. The highest BCUT2D eigenvalue weighted by molar-refractivity contribution is 7.92. The van der Waals surface area contributed by atoms with Crippen LogP contribution in [0.5, 0.6) is 5.75 Å². The lowest BCUT2D eigenvalue weighted by Gasteiger charge is -2.23. The molecular formula is C30H29N3O4S. The first-order valence-electron chi connectivity index (χ1n) is 12.0. The number of amides is 1. The molecule has 0 aliphatic carbocycles. The Bertz CT molecular complexity index is 1500. The zero-order valence-electron chi connectivity index (χ0n) is 21.2. The lowest BCUT2D eigenvalue weighted by atomic mass is 10.1. The van der Waals surface area contributed by atoms with Crippen LogP contribution in [-0.4, -0.2) is 26.8 Å². The maximum atomic E-state index is 12.5. The van der Waals surface area contributed by atoms with E-state index in [9.17, 15) is 13.2 Å². The zero-order valence-corrected chi connectivity index (χ0v) is 22.1. The van der Waals surface area contributed by atoms with E-state index in [-0.39, 0.29) is 6.54 Å². The summed E-state index contributed by atoms with van der Waals surface area (Å²) in [5.41, 5.74) is 7.14. The molecule has 0 aromatic heterocycles. The highest BCUT2D eigenvalue weighted by Gasteiger charge is 2.19. The van der Waals surface area contributed by atoms with Gasteiger partial charge < -0.3 is 4.74 Å². The maximum absolute atomic E-state index is 12.5. The monoisotopic (exact) mass is 527 g/mol. The predicted octanol–water partition coefficient (Wildman–Crippen LogP) is 5.30. The number of hydrogen-bond donors (Lipinski definition) is 1. The highest BCUT2D eigenvalue weighted by atomic mass is 32.2. The summed E-state index contributed by atoms with van der Waals surface area (Å²) in [5.74, 6) is 0.334. The number of nitrogens with zero attached hydrogens (tertiary/aromatic N) is 2. The quantitative estimate of drug-likeness (QED) is 0.224. The fourth-order valence-corrected chi connectivity index (χ4v) is 4.62. The van der Waals surface area contributed by atoms with Crippen molar-refractivity contribution in [2.24, 2.45) is 5.10 Å². The van der Waals surface area contributed by atoms with Gasteiger partial charge in [0.15, 0.2) is 0 Å². The molecule has 0 radical (unpaired) electrons. The molecule has 0 aliphatic heterocycles. The lowest BCUT2D eigenvalue weighted by Crippen LogP contribution is -2.29. The van der Waals surface area contributed by atoms with Gasteiger partial charge in [-0.2, -0.15) is 5.10 Å². The van der Waals surface area contributed by atoms with Gasteiger partial charge in [-0.25, -0.2) is 13.8 Å². The molecule has 0 bridgehead atoms. The number of aryl methyl sites for hydroxylation is 1. The van der Waals surface area contributed by atoms with Crippen LogP contribution in [0.15, 0.2) is 108 Å². The molecule has 4 aromatic rings. The van der Waals surface area contributed by atoms with Crippen LogP contribution in [0.4, 0.5) is 5.69 Å². The number of benzene rings is 4. The van der Waals surface area contributed by atoms with Crippen molar-refractivity contribution >= 4 is 27.8 Å². The standard InChI is InChI=1S/C30H29N3O4S/c1-23-8-6-7-11-27(23)21-33(38(2,35)36)28-16-14-26(15-17-28)30(34)32-31-20-24-12-18-29(19-13-24)37-22-25-9-4-3-5-10-25/h3-20H,21-22H2,1-2H3,(H,32,34)/b31-20-. The third kappa shape index (κ3) is 7.30. The molecule has 0 saturated carbocycles. The van der Waals surface area contributed by atoms with Crippen molar-refractivity contribution in [3.05, 3.63) is 131 Å². The summed E-state index contributed by atoms with van der Waals surface area (Å²) in [6, 6.07) is 31.3. The number of carbonyl (C=O) groups excluding carboxylic acids is 1. The number of nitrogens with one attached hydrogen (secondary N) is 1. The number of anilines is 1. The largest absolute Gasteiger partial charge is 0.489 e. The Hall–Kier alpha value is -4.43. The summed E-state index contributed by atoms with van der Waals surface area (Å²) >= 11 is 0. The van der Waals surface area contributed by atoms with Gasteiger partial charge in [0.25, 0.3) is 5.91 Å². The summed E-state index contributed by atoms with van der Waals surface area (Å²) in [7, 11) is -3.53. The van der Waals surface area contributed by atoms with Gasteiger partial charge in [-0.05, 0) is 77.7 Å². The summed E-state index contributed by atoms with van der Waals surface area (Å²) < 4.78 is 32.1. The van der Waals surface area contributed by atoms with Crippen LogP contribution >= 0.6 is 0 Å². The second-order valence-corrected chi connectivity index (χ2v) is 10.7. The van der Waals surface area contributed by atoms with E-state index in [1.54, 1.807) is 30.5 Å². The number of carbonyl (C=O) groups is 1. The van der Waals surface area contributed by atoms with Crippen LogP contribution in [0.2, 0.25) is 0 Å². The Morgan fingerprint density at radius 2 is 1.55 bits per heavy atom. The van der Waals surface area contributed by atoms with Crippen molar-refractivity contribution in [3.8, 4) is 5.75 Å². The van der Waals surface area contributed by atoms with Crippen LogP contribution in [0.3, 0.4) is 0 Å². The van der Waals surface area contributed by atoms with Gasteiger partial charge in [0.05, 0.1) is 24.7 Å². The summed E-state index contributed by atoms with van der Waals surface area (Å²) in [4.78, 5) is 12.5. The fourth-order valence-electron chi connectivity index (χ4n) is 3.74. The molecule has 0 saturated heterocycles. The SMILES string of the molecule is Cc1ccccc1CN(c1ccc(C(=O)N/N=C\c2ccc(OCc3ccccc3)cc2)cc1)S(C)(=O)=O. The summed E-state index contributed by atoms with van der Waals surface area (Å²) in [6.07, 6.45) is 2.71. The first kappa shape index (κ1) is 26.6. The first-order valence-corrected chi connectivity index (χ1v) is 13.9. The minimum absolute atomic E-state index is 0.206. The van der Waals surface area contributed by atoms with Crippen LogP contribution in [-0.2, 0) is 23.2 Å². The molecule has 8 heteroatoms. The van der Waals surface area contributed by atoms with Crippen molar-refractivity contribution in [1.82, 2.24) is 5.43 Å². The minimum Gasteiger partial charge on any atom is -0.489 e. The van der Waals surface area contributed by atoms with E-state index in [2.05, 4.69) is 10.5 Å². The van der Waals surface area contributed by atoms with Crippen LogP contribution in [0.1, 0.15) is 32.6 Å². The average molecular weight is 528 g/mol. The summed E-state index contributed by atoms with van der Waals surface area (Å²) in [5, 5.41) is 4.03. The van der Waals surface area contributed by atoms with Gasteiger partial charge in [0.1, 0.15) is 12.4 Å². The zero-order chi connectivity index (χ0) is 27.0. The second-order valence-electron chi connectivity index (χ2n) is 8.79. The van der Waals surface area contributed by atoms with Crippen LogP contribution in [0.25, 0.3) is 0 Å². The van der Waals surface area contributed by atoms with E-state index in [1.165, 1.54) is 10.6 Å². The molecule has 38 heavy (non-hydrogen) atoms. The minimum atomic E-state index is -3.53. The molecular weight excluding hydrogens is 498 g/mol. The molecule has 1 N–H and O–H groups in total. The van der Waals surface area contributed by atoms with Crippen LogP contribution in [0, 0.1) is 6.92 Å². The number of ether oxygens (including phenoxy) is 1. The topological polar surface area (TPSA) is 88.1 Å². The highest BCUT2D eigenvalue weighted by Crippen LogP contribution is 2.22. The molecule has 4 aromatic carbocycles. The fraction of sp³-hybridized carbons (Fsp3) is 0.133. The van der Waals surface area contributed by atoms with Crippen molar-refractivity contribution < 1.29 is 17.9 Å². The molecule has 1 amide bonds. The average Bonchev–Trinajstić information content (AvgIpc) is 2.92. The number of rotatable bonds is 10. The first-order chi connectivity index (χ1) is 18.3. The third-order valence-corrected chi connectivity index (χ3v) is 7.04. The third-order valence-electron chi connectivity index (χ3n) is 5.90. The van der Waals surface area contributed by atoms with Crippen LogP contribution < -0.4 is 14.5 Å². The normalized spacial score (nSPS) is 11.3. The molecule has 0 atom stereocenters. The van der Waals surface area contributed by atoms with E-state index in [0.717, 1.165) is 28.0 Å². The molecule has 0 heterocycles. The van der Waals surface area contributed by atoms with E-state index in [1.807, 2.05) is 85.8 Å². The second kappa shape index (κ2) is 12.2. The van der Waals surface area contributed by atoms with E-state index >= 15 is 0 Å². The van der Waals surface area contributed by atoms with E-state index in [0.29, 0.717) is 17.9 Å². The van der Waals surface area contributed by atoms with E-state index < -0.39 is 15.9 Å². The maximum Gasteiger partial charge on any atom is 0.271 e. The van der Waals surface area contributed by atoms with Gasteiger partial charge in [-0.3, -0.25) is 9.10 Å². The van der Waals surface area contributed by atoms with Gasteiger partial charge in [0.2, 0.25) is 10.0 Å². The Morgan fingerprint density at radius 1 is 0.895 bits per heavy atom. The molecule has 0 unspecified atom stereocenters. The Morgan fingerprint density at radius 3 is 2.21 bits per heavy atom. The van der Waals surface area contributed by atoms with Gasteiger partial charge in [0, 0.05) is 5.56 Å². The van der Waals surface area contributed by atoms with Gasteiger partial charge in [-0.15, -0.1) is 0 Å². The van der Waals surface area contributed by atoms with Crippen molar-refractivity contribution in [2.75, 3.05) is 10.6 Å². The number of sulfonamides is 1. The lowest BCUT2D eigenvalue weighted by molar-refractivity contribution is 0.0955. The Kier molecular flexibility index (Phi) is 8.55. The Balaban J connectivity index is 1.34.